The number of amides is 1. The summed E-state index contributed by atoms with van der Waals surface area (Å²) in [5.74, 6) is 1.04. The van der Waals surface area contributed by atoms with Crippen LogP contribution in [0.5, 0.6) is 5.75 Å². The second kappa shape index (κ2) is 8.86. The SMILES string of the molecule is CC(C1CC1)N(Cc1ccccc1)C(=O)COc1ccc(N(C)S(C)(=O)=O)cc1. The molecule has 7 heteroatoms. The molecule has 0 heterocycles. The standard InChI is InChI=1S/C22H28N2O4S/c1-17(19-9-10-19)24(15-18-7-5-4-6-8-18)22(25)16-28-21-13-11-20(12-14-21)23(2)29(3,26)27/h4-8,11-14,17,19H,9-10,15-16H2,1-3H3. The molecule has 0 saturated heterocycles. The Bertz CT molecular complexity index is 925. The van der Waals surface area contributed by atoms with Crippen molar-refractivity contribution < 1.29 is 17.9 Å². The van der Waals surface area contributed by atoms with Crippen LogP contribution in [-0.4, -0.2) is 45.2 Å². The van der Waals surface area contributed by atoms with Crippen molar-refractivity contribution in [3.05, 3.63) is 60.2 Å². The maximum Gasteiger partial charge on any atom is 0.261 e. The van der Waals surface area contributed by atoms with Crippen LogP contribution in [-0.2, 0) is 21.4 Å². The number of hydrogen-bond acceptors (Lipinski definition) is 4. The molecule has 2 aromatic carbocycles. The number of ether oxygens (including phenoxy) is 1. The summed E-state index contributed by atoms with van der Waals surface area (Å²) in [5, 5.41) is 0. The zero-order valence-corrected chi connectivity index (χ0v) is 17.9. The molecule has 0 bridgehead atoms. The number of benzene rings is 2. The minimum atomic E-state index is -3.32. The van der Waals surface area contributed by atoms with Gasteiger partial charge in [0.2, 0.25) is 10.0 Å². The molecule has 6 nitrogen and oxygen atoms in total. The van der Waals surface area contributed by atoms with E-state index in [1.54, 1.807) is 24.3 Å². The summed E-state index contributed by atoms with van der Waals surface area (Å²) < 4.78 is 30.1. The predicted molar refractivity (Wildman–Crippen MR) is 114 cm³/mol. The molecule has 1 atom stereocenters. The van der Waals surface area contributed by atoms with Gasteiger partial charge in [-0.1, -0.05) is 30.3 Å². The first-order valence-electron chi connectivity index (χ1n) is 9.76. The highest BCUT2D eigenvalue weighted by Crippen LogP contribution is 2.35. The Morgan fingerprint density at radius 3 is 2.28 bits per heavy atom. The molecule has 1 saturated carbocycles. The summed E-state index contributed by atoms with van der Waals surface area (Å²) in [7, 11) is -1.82. The number of nitrogens with zero attached hydrogens (tertiary/aromatic N) is 2. The van der Waals surface area contributed by atoms with Crippen molar-refractivity contribution in [1.29, 1.82) is 0 Å². The molecule has 156 valence electrons. The highest BCUT2D eigenvalue weighted by molar-refractivity contribution is 7.92. The predicted octanol–water partition coefficient (Wildman–Crippen LogP) is 3.29. The molecule has 1 amide bonds. The lowest BCUT2D eigenvalue weighted by molar-refractivity contribution is -0.136. The van der Waals surface area contributed by atoms with E-state index in [1.165, 1.54) is 11.4 Å². The van der Waals surface area contributed by atoms with Crippen LogP contribution in [0.4, 0.5) is 5.69 Å². The normalized spacial score (nSPS) is 14.9. The van der Waals surface area contributed by atoms with Gasteiger partial charge in [-0.15, -0.1) is 0 Å². The summed E-state index contributed by atoms with van der Waals surface area (Å²) >= 11 is 0. The molecule has 1 aliphatic rings. The zero-order chi connectivity index (χ0) is 21.0. The van der Waals surface area contributed by atoms with E-state index in [0.717, 1.165) is 24.7 Å². The topological polar surface area (TPSA) is 66.9 Å². The number of anilines is 1. The van der Waals surface area contributed by atoms with Crippen molar-refractivity contribution in [2.45, 2.75) is 32.4 Å². The number of sulfonamides is 1. The van der Waals surface area contributed by atoms with Crippen molar-refractivity contribution in [1.82, 2.24) is 4.90 Å². The second-order valence-electron chi connectivity index (χ2n) is 7.60. The quantitative estimate of drug-likeness (QED) is 0.629. The van der Waals surface area contributed by atoms with Crippen molar-refractivity contribution in [2.75, 3.05) is 24.2 Å². The van der Waals surface area contributed by atoms with Crippen LogP contribution >= 0.6 is 0 Å². The van der Waals surface area contributed by atoms with Gasteiger partial charge in [0.1, 0.15) is 5.75 Å². The van der Waals surface area contributed by atoms with Gasteiger partial charge in [-0.2, -0.15) is 0 Å². The maximum absolute atomic E-state index is 12.9. The van der Waals surface area contributed by atoms with E-state index in [-0.39, 0.29) is 18.6 Å². The minimum Gasteiger partial charge on any atom is -0.484 e. The van der Waals surface area contributed by atoms with Crippen LogP contribution < -0.4 is 9.04 Å². The van der Waals surface area contributed by atoms with E-state index in [4.69, 9.17) is 4.74 Å². The third-order valence-corrected chi connectivity index (χ3v) is 6.58. The number of carbonyl (C=O) groups excluding carboxylic acids is 1. The molecule has 1 unspecified atom stereocenters. The highest BCUT2D eigenvalue weighted by atomic mass is 32.2. The molecule has 29 heavy (non-hydrogen) atoms. The van der Waals surface area contributed by atoms with Gasteiger partial charge in [-0.3, -0.25) is 9.10 Å². The van der Waals surface area contributed by atoms with E-state index in [9.17, 15) is 13.2 Å². The number of hydrogen-bond donors (Lipinski definition) is 0. The average Bonchev–Trinajstić information content (AvgIpc) is 3.55. The fourth-order valence-electron chi connectivity index (χ4n) is 3.24. The molecular formula is C22H28N2O4S. The first kappa shape index (κ1) is 21.2. The van der Waals surface area contributed by atoms with Gasteiger partial charge in [-0.25, -0.2) is 8.42 Å². The van der Waals surface area contributed by atoms with Crippen molar-refractivity contribution >= 4 is 21.6 Å². The second-order valence-corrected chi connectivity index (χ2v) is 9.61. The van der Waals surface area contributed by atoms with Crippen LogP contribution in [0.3, 0.4) is 0 Å². The summed E-state index contributed by atoms with van der Waals surface area (Å²) in [6, 6.07) is 16.8. The molecule has 0 radical (unpaired) electrons. The summed E-state index contributed by atoms with van der Waals surface area (Å²) in [6.07, 6.45) is 3.48. The third-order valence-electron chi connectivity index (χ3n) is 5.37. The Kier molecular flexibility index (Phi) is 6.47. The van der Waals surface area contributed by atoms with Crippen molar-refractivity contribution in [3.63, 3.8) is 0 Å². The fraction of sp³-hybridized carbons (Fsp3) is 0.409. The van der Waals surface area contributed by atoms with Crippen molar-refractivity contribution in [2.24, 2.45) is 5.92 Å². The van der Waals surface area contributed by atoms with Crippen LogP contribution in [0.25, 0.3) is 0 Å². The van der Waals surface area contributed by atoms with Crippen LogP contribution in [0.1, 0.15) is 25.3 Å². The van der Waals surface area contributed by atoms with Gasteiger partial charge in [0.05, 0.1) is 11.9 Å². The molecule has 2 aromatic rings. The van der Waals surface area contributed by atoms with Crippen molar-refractivity contribution in [3.8, 4) is 5.75 Å². The minimum absolute atomic E-state index is 0.0504. The van der Waals surface area contributed by atoms with Gasteiger partial charge >= 0.3 is 0 Å². The first-order chi connectivity index (χ1) is 13.8. The Labute approximate surface area is 173 Å². The van der Waals surface area contributed by atoms with Gasteiger partial charge < -0.3 is 9.64 Å². The molecule has 3 rings (SSSR count). The lowest BCUT2D eigenvalue weighted by Crippen LogP contribution is -2.42. The fourth-order valence-corrected chi connectivity index (χ4v) is 3.75. The lowest BCUT2D eigenvalue weighted by atomic mass is 10.1. The number of rotatable bonds is 9. The molecule has 0 aliphatic heterocycles. The average molecular weight is 417 g/mol. The maximum atomic E-state index is 12.9. The van der Waals surface area contributed by atoms with E-state index in [1.807, 2.05) is 35.2 Å². The van der Waals surface area contributed by atoms with E-state index < -0.39 is 10.0 Å². The molecule has 0 aromatic heterocycles. The van der Waals surface area contributed by atoms with Gasteiger partial charge in [0, 0.05) is 19.6 Å². The lowest BCUT2D eigenvalue weighted by Gasteiger charge is -2.29. The molecule has 1 aliphatic carbocycles. The van der Waals surface area contributed by atoms with Gasteiger partial charge in [-0.05, 0) is 55.5 Å². The Balaban J connectivity index is 1.63. The first-order valence-corrected chi connectivity index (χ1v) is 11.6. The summed E-state index contributed by atoms with van der Waals surface area (Å²) in [6.45, 7) is 2.62. The molecular weight excluding hydrogens is 388 g/mol. The summed E-state index contributed by atoms with van der Waals surface area (Å²) in [5.41, 5.74) is 1.64. The van der Waals surface area contributed by atoms with Crippen LogP contribution in [0.2, 0.25) is 0 Å². The molecule has 0 spiro atoms. The van der Waals surface area contributed by atoms with E-state index >= 15 is 0 Å². The largest absolute Gasteiger partial charge is 0.484 e. The monoisotopic (exact) mass is 416 g/mol. The third kappa shape index (κ3) is 5.73. The smallest absolute Gasteiger partial charge is 0.261 e. The Hall–Kier alpha value is -2.54. The van der Waals surface area contributed by atoms with E-state index in [0.29, 0.717) is 23.9 Å². The van der Waals surface area contributed by atoms with Crippen LogP contribution in [0.15, 0.2) is 54.6 Å². The molecule has 0 N–H and O–H groups in total. The molecule has 1 fully saturated rings. The van der Waals surface area contributed by atoms with E-state index in [2.05, 4.69) is 6.92 Å². The highest BCUT2D eigenvalue weighted by Gasteiger charge is 2.34. The summed E-state index contributed by atoms with van der Waals surface area (Å²) in [4.78, 5) is 14.8. The zero-order valence-electron chi connectivity index (χ0n) is 17.1. The number of carbonyl (C=O) groups is 1. The van der Waals surface area contributed by atoms with Gasteiger partial charge in [0.25, 0.3) is 5.91 Å². The van der Waals surface area contributed by atoms with Gasteiger partial charge in [0.15, 0.2) is 6.61 Å². The van der Waals surface area contributed by atoms with Crippen LogP contribution in [0, 0.1) is 5.92 Å². The Morgan fingerprint density at radius 1 is 1.10 bits per heavy atom. The Morgan fingerprint density at radius 2 is 1.72 bits per heavy atom.